The molecule has 3 heteroatoms. The maximum Gasteiger partial charge on any atom is 0.0471 e. The topological polar surface area (TPSA) is 15.3 Å². The van der Waals surface area contributed by atoms with Gasteiger partial charge in [-0.2, -0.15) is 0 Å². The van der Waals surface area contributed by atoms with Crippen molar-refractivity contribution in [1.29, 1.82) is 0 Å². The molecular weight excluding hydrogens is 280 g/mol. The summed E-state index contributed by atoms with van der Waals surface area (Å²) < 4.78 is 0. The van der Waals surface area contributed by atoms with Crippen molar-refractivity contribution in [2.75, 3.05) is 24.5 Å². The van der Waals surface area contributed by atoms with Crippen LogP contribution in [0.1, 0.15) is 51.5 Å². The van der Waals surface area contributed by atoms with Crippen LogP contribution in [0.15, 0.2) is 18.2 Å². The first-order valence-electron chi connectivity index (χ1n) is 8.48. The predicted molar refractivity (Wildman–Crippen MR) is 93.3 cm³/mol. The third-order valence-electron chi connectivity index (χ3n) is 4.46. The highest BCUT2D eigenvalue weighted by atomic mass is 35.5. The van der Waals surface area contributed by atoms with Gasteiger partial charge in [-0.15, -0.1) is 0 Å². The highest BCUT2D eigenvalue weighted by Crippen LogP contribution is 2.29. The van der Waals surface area contributed by atoms with Gasteiger partial charge in [0.15, 0.2) is 0 Å². The number of hydrogen-bond acceptors (Lipinski definition) is 2. The Hall–Kier alpha value is -0.730. The van der Waals surface area contributed by atoms with Crippen LogP contribution in [0.25, 0.3) is 0 Å². The Balaban J connectivity index is 1.91. The molecule has 1 saturated heterocycles. The molecule has 0 saturated carbocycles. The molecule has 1 heterocycles. The van der Waals surface area contributed by atoms with Gasteiger partial charge in [0, 0.05) is 30.3 Å². The molecule has 1 aromatic rings. The summed E-state index contributed by atoms with van der Waals surface area (Å²) in [6, 6.07) is 6.55. The molecule has 0 radical (unpaired) electrons. The molecule has 0 aliphatic carbocycles. The minimum atomic E-state index is 0.867. The summed E-state index contributed by atoms with van der Waals surface area (Å²) in [6.45, 7) is 8.73. The molecule has 118 valence electrons. The summed E-state index contributed by atoms with van der Waals surface area (Å²) in [7, 11) is 0. The SMILES string of the molecule is CCCNCc1ccc(N2CCC(CCC)CC2)cc1Cl. The summed E-state index contributed by atoms with van der Waals surface area (Å²) >= 11 is 6.44. The summed E-state index contributed by atoms with van der Waals surface area (Å²) in [5.41, 5.74) is 2.49. The summed E-state index contributed by atoms with van der Waals surface area (Å²) in [6.07, 6.45) is 6.51. The Morgan fingerprint density at radius 2 is 1.95 bits per heavy atom. The van der Waals surface area contributed by atoms with E-state index < -0.39 is 0 Å². The molecular formula is C18H29ClN2. The lowest BCUT2D eigenvalue weighted by molar-refractivity contribution is 0.378. The predicted octanol–water partition coefficient (Wildman–Crippen LogP) is 4.86. The van der Waals surface area contributed by atoms with Crippen LogP contribution in [0.3, 0.4) is 0 Å². The zero-order chi connectivity index (χ0) is 15.1. The number of nitrogens with zero attached hydrogens (tertiary/aromatic N) is 1. The first kappa shape index (κ1) is 16.6. The lowest BCUT2D eigenvalue weighted by Crippen LogP contribution is -2.33. The first-order chi connectivity index (χ1) is 10.2. The van der Waals surface area contributed by atoms with Crippen molar-refractivity contribution in [1.82, 2.24) is 5.32 Å². The van der Waals surface area contributed by atoms with Crippen LogP contribution in [0, 0.1) is 5.92 Å². The highest BCUT2D eigenvalue weighted by Gasteiger charge is 2.19. The molecule has 1 N–H and O–H groups in total. The molecule has 0 atom stereocenters. The van der Waals surface area contributed by atoms with Gasteiger partial charge < -0.3 is 10.2 Å². The van der Waals surface area contributed by atoms with E-state index in [2.05, 4.69) is 42.3 Å². The number of halogens is 1. The van der Waals surface area contributed by atoms with E-state index in [1.165, 1.54) is 50.0 Å². The maximum atomic E-state index is 6.44. The van der Waals surface area contributed by atoms with Crippen molar-refractivity contribution in [2.45, 2.75) is 52.5 Å². The standard InChI is InChI=1S/C18H29ClN2/c1-3-5-15-8-11-21(12-9-15)17-7-6-16(18(19)13-17)14-20-10-4-2/h6-7,13,15,20H,3-5,8-12,14H2,1-2H3. The van der Waals surface area contributed by atoms with Crippen LogP contribution in [0.2, 0.25) is 5.02 Å². The van der Waals surface area contributed by atoms with Gasteiger partial charge in [-0.05, 0) is 49.4 Å². The fourth-order valence-corrected chi connectivity index (χ4v) is 3.41. The number of anilines is 1. The molecule has 0 unspecified atom stereocenters. The number of nitrogens with one attached hydrogen (secondary N) is 1. The zero-order valence-electron chi connectivity index (χ0n) is 13.5. The Kier molecular flexibility index (Phi) is 6.85. The van der Waals surface area contributed by atoms with Crippen molar-refractivity contribution < 1.29 is 0 Å². The highest BCUT2D eigenvalue weighted by molar-refractivity contribution is 6.31. The van der Waals surface area contributed by atoms with Gasteiger partial charge in [0.05, 0.1) is 0 Å². The smallest absolute Gasteiger partial charge is 0.0471 e. The Labute approximate surface area is 134 Å². The molecule has 0 amide bonds. The molecule has 2 rings (SSSR count). The van der Waals surface area contributed by atoms with Crippen LogP contribution in [0.4, 0.5) is 5.69 Å². The largest absolute Gasteiger partial charge is 0.371 e. The van der Waals surface area contributed by atoms with Crippen LogP contribution in [-0.2, 0) is 6.54 Å². The van der Waals surface area contributed by atoms with E-state index in [9.17, 15) is 0 Å². The van der Waals surface area contributed by atoms with Gasteiger partial charge in [-0.3, -0.25) is 0 Å². The summed E-state index contributed by atoms with van der Waals surface area (Å²) in [5.74, 6) is 0.930. The van der Waals surface area contributed by atoms with Crippen LogP contribution < -0.4 is 10.2 Å². The average Bonchev–Trinajstić information content (AvgIpc) is 2.50. The maximum absolute atomic E-state index is 6.44. The first-order valence-corrected chi connectivity index (χ1v) is 8.86. The Morgan fingerprint density at radius 3 is 2.57 bits per heavy atom. The normalized spacial score (nSPS) is 16.4. The Bertz CT molecular complexity index is 425. The van der Waals surface area contributed by atoms with E-state index in [4.69, 9.17) is 11.6 Å². The van der Waals surface area contributed by atoms with Crippen molar-refractivity contribution in [2.24, 2.45) is 5.92 Å². The molecule has 0 aromatic heterocycles. The van der Waals surface area contributed by atoms with Crippen molar-refractivity contribution in [3.05, 3.63) is 28.8 Å². The van der Waals surface area contributed by atoms with E-state index in [0.29, 0.717) is 0 Å². The van der Waals surface area contributed by atoms with Gasteiger partial charge in [0.1, 0.15) is 0 Å². The molecule has 1 aliphatic rings. The van der Waals surface area contributed by atoms with E-state index in [0.717, 1.165) is 30.5 Å². The van der Waals surface area contributed by atoms with Crippen LogP contribution >= 0.6 is 11.6 Å². The fraction of sp³-hybridized carbons (Fsp3) is 0.667. The monoisotopic (exact) mass is 308 g/mol. The average molecular weight is 309 g/mol. The van der Waals surface area contributed by atoms with Crippen molar-refractivity contribution in [3.63, 3.8) is 0 Å². The second-order valence-electron chi connectivity index (χ2n) is 6.17. The van der Waals surface area contributed by atoms with Crippen molar-refractivity contribution >= 4 is 17.3 Å². The van der Waals surface area contributed by atoms with Gasteiger partial charge in [0.25, 0.3) is 0 Å². The molecule has 0 spiro atoms. The van der Waals surface area contributed by atoms with Crippen molar-refractivity contribution in [3.8, 4) is 0 Å². The van der Waals surface area contributed by atoms with E-state index in [1.54, 1.807) is 0 Å². The second kappa shape index (κ2) is 8.65. The van der Waals surface area contributed by atoms with E-state index in [-0.39, 0.29) is 0 Å². The molecule has 1 fully saturated rings. The number of piperidine rings is 1. The number of rotatable bonds is 7. The quantitative estimate of drug-likeness (QED) is 0.724. The van der Waals surface area contributed by atoms with Gasteiger partial charge >= 0.3 is 0 Å². The van der Waals surface area contributed by atoms with Gasteiger partial charge in [-0.25, -0.2) is 0 Å². The summed E-state index contributed by atoms with van der Waals surface area (Å²) in [5, 5.41) is 4.31. The fourth-order valence-electron chi connectivity index (χ4n) is 3.16. The van der Waals surface area contributed by atoms with Gasteiger partial charge in [-0.1, -0.05) is 44.4 Å². The third kappa shape index (κ3) is 4.89. The molecule has 0 bridgehead atoms. The second-order valence-corrected chi connectivity index (χ2v) is 6.58. The molecule has 21 heavy (non-hydrogen) atoms. The van der Waals surface area contributed by atoms with E-state index >= 15 is 0 Å². The molecule has 1 aliphatic heterocycles. The zero-order valence-corrected chi connectivity index (χ0v) is 14.3. The minimum absolute atomic E-state index is 0.867. The number of benzene rings is 1. The molecule has 2 nitrogen and oxygen atoms in total. The number of hydrogen-bond donors (Lipinski definition) is 1. The lowest BCUT2D eigenvalue weighted by atomic mass is 9.92. The molecule has 1 aromatic carbocycles. The Morgan fingerprint density at radius 1 is 1.19 bits per heavy atom. The third-order valence-corrected chi connectivity index (χ3v) is 4.81. The van der Waals surface area contributed by atoms with E-state index in [1.807, 2.05) is 0 Å². The van der Waals surface area contributed by atoms with Crippen LogP contribution in [-0.4, -0.2) is 19.6 Å². The van der Waals surface area contributed by atoms with Crippen LogP contribution in [0.5, 0.6) is 0 Å². The minimum Gasteiger partial charge on any atom is -0.371 e. The summed E-state index contributed by atoms with van der Waals surface area (Å²) in [4.78, 5) is 2.49. The van der Waals surface area contributed by atoms with Gasteiger partial charge in [0.2, 0.25) is 0 Å². The lowest BCUT2D eigenvalue weighted by Gasteiger charge is -2.33.